The molecule has 92 valence electrons. The lowest BCUT2D eigenvalue weighted by atomic mass is 10.2. The predicted octanol–water partition coefficient (Wildman–Crippen LogP) is 2.23. The maximum atomic E-state index is 11.5. The van der Waals surface area contributed by atoms with Gasteiger partial charge in [-0.1, -0.05) is 0 Å². The Morgan fingerprint density at radius 3 is 2.81 bits per heavy atom. The largest absolute Gasteiger partial charge is 0.215 e. The van der Waals surface area contributed by atoms with Crippen molar-refractivity contribution in [3.8, 4) is 0 Å². The summed E-state index contributed by atoms with van der Waals surface area (Å²) < 4.78 is 25.6. The minimum Gasteiger partial charge on any atom is -0.215 e. The van der Waals surface area contributed by atoms with Gasteiger partial charge in [0.1, 0.15) is 0 Å². The number of halogens is 1. The summed E-state index contributed by atoms with van der Waals surface area (Å²) in [7, 11) is -3.11. The van der Waals surface area contributed by atoms with E-state index >= 15 is 0 Å². The molecule has 0 bridgehead atoms. The Bertz CT molecular complexity index is 376. The summed E-state index contributed by atoms with van der Waals surface area (Å²) in [6, 6.07) is 2.01. The molecule has 0 aromatic carbocycles. The van der Waals surface area contributed by atoms with Gasteiger partial charge < -0.3 is 0 Å². The van der Waals surface area contributed by atoms with E-state index in [1.54, 1.807) is 11.3 Å². The second-order valence-corrected chi connectivity index (χ2v) is 6.58. The molecule has 0 radical (unpaired) electrons. The first-order chi connectivity index (χ1) is 7.64. The summed E-state index contributed by atoms with van der Waals surface area (Å²) in [5, 5.41) is 4.02. The molecule has 1 aromatic rings. The molecule has 6 heteroatoms. The first kappa shape index (κ1) is 14.0. The fourth-order valence-electron chi connectivity index (χ4n) is 1.24. The Labute approximate surface area is 106 Å². The molecule has 0 aliphatic carbocycles. The summed E-state index contributed by atoms with van der Waals surface area (Å²) in [4.78, 5) is 0. The zero-order valence-electron chi connectivity index (χ0n) is 8.99. The second-order valence-electron chi connectivity index (χ2n) is 3.49. The van der Waals surface area contributed by atoms with Crippen LogP contribution in [0.3, 0.4) is 0 Å². The van der Waals surface area contributed by atoms with Crippen molar-refractivity contribution in [2.45, 2.75) is 19.3 Å². The molecule has 1 heterocycles. The fourth-order valence-corrected chi connectivity index (χ4v) is 3.28. The smallest absolute Gasteiger partial charge is 0.211 e. The van der Waals surface area contributed by atoms with Gasteiger partial charge in [-0.3, -0.25) is 0 Å². The zero-order valence-corrected chi connectivity index (χ0v) is 11.4. The molecule has 1 N–H and O–H groups in total. The number of sulfonamides is 1. The number of hydrogen-bond donors (Lipinski definition) is 1. The Morgan fingerprint density at radius 1 is 1.38 bits per heavy atom. The minimum atomic E-state index is -3.11. The highest BCUT2D eigenvalue weighted by molar-refractivity contribution is 7.89. The lowest BCUT2D eigenvalue weighted by molar-refractivity contribution is 0.578. The molecule has 0 saturated heterocycles. The van der Waals surface area contributed by atoms with E-state index in [0.717, 1.165) is 12.8 Å². The van der Waals surface area contributed by atoms with E-state index in [2.05, 4.69) is 4.72 Å². The normalized spacial score (nSPS) is 11.8. The average molecular weight is 282 g/mol. The van der Waals surface area contributed by atoms with Crippen molar-refractivity contribution in [3.05, 3.63) is 22.4 Å². The van der Waals surface area contributed by atoms with Crippen molar-refractivity contribution in [2.75, 3.05) is 18.2 Å². The van der Waals surface area contributed by atoms with E-state index in [0.29, 0.717) is 18.8 Å². The Hall–Kier alpha value is -0.100. The molecule has 1 aromatic heterocycles. The van der Waals surface area contributed by atoms with Crippen LogP contribution in [0.5, 0.6) is 0 Å². The molecule has 0 fully saturated rings. The van der Waals surface area contributed by atoms with Gasteiger partial charge in [-0.15, -0.1) is 11.6 Å². The molecule has 0 amide bonds. The van der Waals surface area contributed by atoms with Gasteiger partial charge in [0.15, 0.2) is 0 Å². The minimum absolute atomic E-state index is 0.170. The monoisotopic (exact) mass is 281 g/mol. The quantitative estimate of drug-likeness (QED) is 0.587. The van der Waals surface area contributed by atoms with Crippen LogP contribution in [0, 0.1) is 0 Å². The summed E-state index contributed by atoms with van der Waals surface area (Å²) in [5.41, 5.74) is 1.17. The molecule has 0 spiro atoms. The molecule has 0 unspecified atom stereocenters. The maximum Gasteiger partial charge on any atom is 0.211 e. The van der Waals surface area contributed by atoms with Gasteiger partial charge in [0.05, 0.1) is 5.75 Å². The number of alkyl halides is 1. The van der Waals surface area contributed by atoms with Gasteiger partial charge in [0.25, 0.3) is 0 Å². The van der Waals surface area contributed by atoms with Crippen molar-refractivity contribution in [2.24, 2.45) is 0 Å². The van der Waals surface area contributed by atoms with Crippen molar-refractivity contribution < 1.29 is 8.42 Å². The van der Waals surface area contributed by atoms with E-state index in [-0.39, 0.29) is 5.75 Å². The Kier molecular flexibility index (Phi) is 6.34. The molecule has 3 nitrogen and oxygen atoms in total. The summed E-state index contributed by atoms with van der Waals surface area (Å²) in [6.07, 6.45) is 2.11. The van der Waals surface area contributed by atoms with E-state index in [1.165, 1.54) is 5.56 Å². The van der Waals surface area contributed by atoms with Gasteiger partial charge >= 0.3 is 0 Å². The van der Waals surface area contributed by atoms with Crippen LogP contribution < -0.4 is 4.72 Å². The first-order valence-electron chi connectivity index (χ1n) is 5.18. The highest BCUT2D eigenvalue weighted by Crippen LogP contribution is 2.06. The molecule has 16 heavy (non-hydrogen) atoms. The van der Waals surface area contributed by atoms with E-state index in [1.807, 2.05) is 16.8 Å². The lowest BCUT2D eigenvalue weighted by Gasteiger charge is -2.05. The van der Waals surface area contributed by atoms with Crippen LogP contribution in [0.15, 0.2) is 16.8 Å². The molecule has 0 aliphatic heterocycles. The fraction of sp³-hybridized carbons (Fsp3) is 0.600. The molecule has 1 rings (SSSR count). The predicted molar refractivity (Wildman–Crippen MR) is 69.8 cm³/mol. The third kappa shape index (κ3) is 5.84. The van der Waals surface area contributed by atoms with Crippen molar-refractivity contribution in [3.63, 3.8) is 0 Å². The second kappa shape index (κ2) is 7.27. The summed E-state index contributed by atoms with van der Waals surface area (Å²) in [6.45, 7) is 0.472. The van der Waals surface area contributed by atoms with Crippen LogP contribution in [-0.2, 0) is 16.4 Å². The Morgan fingerprint density at radius 2 is 2.19 bits per heavy atom. The number of nitrogens with one attached hydrogen (secondary N) is 1. The Balaban J connectivity index is 2.20. The number of hydrogen-bond acceptors (Lipinski definition) is 3. The number of unbranched alkanes of at least 4 members (excludes halogenated alkanes) is 1. The highest BCUT2D eigenvalue weighted by Gasteiger charge is 2.08. The third-order valence-electron chi connectivity index (χ3n) is 2.11. The van der Waals surface area contributed by atoms with Crippen LogP contribution in [0.4, 0.5) is 0 Å². The topological polar surface area (TPSA) is 46.2 Å². The van der Waals surface area contributed by atoms with Crippen LogP contribution in [0.2, 0.25) is 0 Å². The van der Waals surface area contributed by atoms with Gasteiger partial charge in [0, 0.05) is 12.4 Å². The number of thiophene rings is 1. The third-order valence-corrected chi connectivity index (χ3v) is 4.58. The van der Waals surface area contributed by atoms with Gasteiger partial charge in [0.2, 0.25) is 10.0 Å². The standard InChI is InChI=1S/C10H16ClNO2S2/c11-5-1-2-8-16(13,14)12-6-3-10-4-7-15-9-10/h4,7,9,12H,1-3,5-6,8H2. The summed E-state index contributed by atoms with van der Waals surface area (Å²) >= 11 is 7.11. The zero-order chi connectivity index (χ0) is 11.9. The molecule has 0 aliphatic rings. The number of rotatable bonds is 8. The van der Waals surface area contributed by atoms with Crippen LogP contribution in [-0.4, -0.2) is 26.6 Å². The lowest BCUT2D eigenvalue weighted by Crippen LogP contribution is -2.28. The maximum absolute atomic E-state index is 11.5. The van der Waals surface area contributed by atoms with E-state index < -0.39 is 10.0 Å². The van der Waals surface area contributed by atoms with E-state index in [4.69, 9.17) is 11.6 Å². The van der Waals surface area contributed by atoms with Crippen molar-refractivity contribution in [1.29, 1.82) is 0 Å². The van der Waals surface area contributed by atoms with Gasteiger partial charge in [-0.2, -0.15) is 11.3 Å². The molecular weight excluding hydrogens is 266 g/mol. The first-order valence-corrected chi connectivity index (χ1v) is 8.31. The van der Waals surface area contributed by atoms with Gasteiger partial charge in [-0.05, 0) is 41.7 Å². The van der Waals surface area contributed by atoms with Crippen molar-refractivity contribution in [1.82, 2.24) is 4.72 Å². The van der Waals surface area contributed by atoms with Crippen LogP contribution >= 0.6 is 22.9 Å². The molecule has 0 atom stereocenters. The SMILES string of the molecule is O=S(=O)(CCCCCl)NCCc1ccsc1. The van der Waals surface area contributed by atoms with Crippen LogP contribution in [0.1, 0.15) is 18.4 Å². The summed E-state index contributed by atoms with van der Waals surface area (Å²) in [5.74, 6) is 0.688. The molecular formula is C10H16ClNO2S2. The average Bonchev–Trinajstić information content (AvgIpc) is 2.70. The van der Waals surface area contributed by atoms with Crippen molar-refractivity contribution >= 4 is 33.0 Å². The van der Waals surface area contributed by atoms with E-state index in [9.17, 15) is 8.42 Å². The van der Waals surface area contributed by atoms with Crippen LogP contribution in [0.25, 0.3) is 0 Å². The van der Waals surface area contributed by atoms with Gasteiger partial charge in [-0.25, -0.2) is 13.1 Å². The highest BCUT2D eigenvalue weighted by atomic mass is 35.5. The molecule has 0 saturated carbocycles.